The third-order valence-corrected chi connectivity index (χ3v) is 9.73. The maximum absolute atomic E-state index is 13.7. The Morgan fingerprint density at radius 2 is 1.85 bits per heavy atom. The summed E-state index contributed by atoms with van der Waals surface area (Å²) in [7, 11) is -1.46. The van der Waals surface area contributed by atoms with Crippen molar-refractivity contribution in [3.8, 4) is 11.3 Å². The minimum Gasteiger partial charge on any atom is -0.246 e. The number of halogens is 1. The molecule has 132 valence electrons. The summed E-state index contributed by atoms with van der Waals surface area (Å²) in [6.45, 7) is 8.75. The minimum absolute atomic E-state index is 0.480. The molecule has 0 bridgehead atoms. The molecule has 2 aromatic heterocycles. The summed E-state index contributed by atoms with van der Waals surface area (Å²) in [5.41, 5.74) is 4.90. The molecule has 4 aromatic rings. The number of aromatic nitrogens is 2. The van der Waals surface area contributed by atoms with Crippen LogP contribution in [-0.4, -0.2) is 18.0 Å². The maximum atomic E-state index is 13.7. The van der Waals surface area contributed by atoms with Crippen molar-refractivity contribution in [2.75, 3.05) is 0 Å². The molecule has 0 spiro atoms. The molecular formula is C21H21FN2SSi. The lowest BCUT2D eigenvalue weighted by Crippen LogP contribution is -2.36. The summed E-state index contributed by atoms with van der Waals surface area (Å²) in [5, 5.41) is 2.01. The van der Waals surface area contributed by atoms with Gasteiger partial charge in [0.1, 0.15) is 13.0 Å². The van der Waals surface area contributed by atoms with Gasteiger partial charge in [-0.1, -0.05) is 43.9 Å². The number of hydrogen-bond acceptors (Lipinski definition) is 3. The molecule has 0 fully saturated rings. The Hall–Kier alpha value is -2.11. The van der Waals surface area contributed by atoms with Gasteiger partial charge in [-0.15, -0.1) is 11.3 Å². The predicted octanol–water partition coefficient (Wildman–Crippen LogP) is 5.83. The topological polar surface area (TPSA) is 25.8 Å². The maximum Gasteiger partial charge on any atom is 0.116 e. The van der Waals surface area contributed by atoms with Crippen molar-refractivity contribution >= 4 is 44.9 Å². The van der Waals surface area contributed by atoms with Gasteiger partial charge in [0.15, 0.2) is 0 Å². The highest BCUT2D eigenvalue weighted by Crippen LogP contribution is 2.35. The average Bonchev–Trinajstić information content (AvgIpc) is 2.98. The van der Waals surface area contributed by atoms with Crippen LogP contribution in [0.25, 0.3) is 32.2 Å². The van der Waals surface area contributed by atoms with Crippen LogP contribution in [0, 0.1) is 6.92 Å². The van der Waals surface area contributed by atoms with Gasteiger partial charge in [-0.25, -0.2) is 14.4 Å². The summed E-state index contributed by atoms with van der Waals surface area (Å²) in [4.78, 5) is 9.14. The highest BCUT2D eigenvalue weighted by molar-refractivity contribution is 7.32. The predicted molar refractivity (Wildman–Crippen MR) is 113 cm³/mol. The van der Waals surface area contributed by atoms with Crippen molar-refractivity contribution in [2.24, 2.45) is 0 Å². The SMILES string of the molecule is Cc1c([Si](C)(C)C)sc2c(-c3cc(CF)c4ccccc4c3)ncnc12. The van der Waals surface area contributed by atoms with E-state index in [-0.39, 0.29) is 0 Å². The Balaban J connectivity index is 2.02. The smallest absolute Gasteiger partial charge is 0.116 e. The Morgan fingerprint density at radius 1 is 1.08 bits per heavy atom. The molecule has 2 heterocycles. The molecule has 0 N–H and O–H groups in total. The first-order chi connectivity index (χ1) is 12.4. The molecule has 0 saturated heterocycles. The van der Waals surface area contributed by atoms with Gasteiger partial charge in [0.05, 0.1) is 24.0 Å². The number of benzene rings is 2. The van der Waals surface area contributed by atoms with Gasteiger partial charge >= 0.3 is 0 Å². The number of alkyl halides is 1. The summed E-state index contributed by atoms with van der Waals surface area (Å²) in [6, 6.07) is 12.0. The second kappa shape index (κ2) is 6.25. The van der Waals surface area contributed by atoms with Gasteiger partial charge in [-0.05, 0) is 45.5 Å². The summed E-state index contributed by atoms with van der Waals surface area (Å²) in [6.07, 6.45) is 1.63. The van der Waals surface area contributed by atoms with Gasteiger partial charge < -0.3 is 0 Å². The first-order valence-corrected chi connectivity index (χ1v) is 13.0. The Morgan fingerprint density at radius 3 is 2.58 bits per heavy atom. The van der Waals surface area contributed by atoms with E-state index < -0.39 is 14.7 Å². The molecule has 2 aromatic carbocycles. The van der Waals surface area contributed by atoms with Crippen LogP contribution in [-0.2, 0) is 6.67 Å². The molecule has 0 unspecified atom stereocenters. The third-order valence-electron chi connectivity index (χ3n) is 4.75. The zero-order valence-electron chi connectivity index (χ0n) is 15.4. The van der Waals surface area contributed by atoms with Crippen LogP contribution in [0.15, 0.2) is 42.7 Å². The molecule has 0 aliphatic heterocycles. The fourth-order valence-electron chi connectivity index (χ4n) is 3.58. The Labute approximate surface area is 157 Å². The Bertz CT molecular complexity index is 1130. The average molecular weight is 381 g/mol. The largest absolute Gasteiger partial charge is 0.246 e. The molecule has 0 amide bonds. The van der Waals surface area contributed by atoms with E-state index in [1.807, 2.05) is 41.7 Å². The molecular weight excluding hydrogens is 359 g/mol. The lowest BCUT2D eigenvalue weighted by atomic mass is 9.99. The molecule has 4 rings (SSSR count). The Kier molecular flexibility index (Phi) is 4.16. The van der Waals surface area contributed by atoms with E-state index in [9.17, 15) is 4.39 Å². The third kappa shape index (κ3) is 2.75. The molecule has 0 atom stereocenters. The molecule has 26 heavy (non-hydrogen) atoms. The molecule has 0 aliphatic carbocycles. The lowest BCUT2D eigenvalue weighted by Gasteiger charge is -2.14. The van der Waals surface area contributed by atoms with E-state index in [1.165, 1.54) is 10.1 Å². The second-order valence-corrected chi connectivity index (χ2v) is 14.1. The van der Waals surface area contributed by atoms with Crippen molar-refractivity contribution in [3.63, 3.8) is 0 Å². The number of hydrogen-bond donors (Lipinski definition) is 0. The fraction of sp³-hybridized carbons (Fsp3) is 0.238. The van der Waals surface area contributed by atoms with Gasteiger partial charge in [-0.2, -0.15) is 0 Å². The quantitative estimate of drug-likeness (QED) is 0.418. The number of thiophene rings is 1. The van der Waals surface area contributed by atoms with E-state index in [4.69, 9.17) is 0 Å². The molecule has 0 radical (unpaired) electrons. The number of nitrogens with zero attached hydrogens (tertiary/aromatic N) is 2. The molecule has 5 heteroatoms. The monoisotopic (exact) mass is 380 g/mol. The highest BCUT2D eigenvalue weighted by Gasteiger charge is 2.25. The number of fused-ring (bicyclic) bond motifs is 2. The van der Waals surface area contributed by atoms with Gasteiger partial charge in [0, 0.05) is 5.56 Å². The molecule has 2 nitrogen and oxygen atoms in total. The van der Waals surface area contributed by atoms with Crippen molar-refractivity contribution in [3.05, 3.63) is 53.9 Å². The van der Waals surface area contributed by atoms with Crippen LogP contribution >= 0.6 is 11.3 Å². The summed E-state index contributed by atoms with van der Waals surface area (Å²) in [5.74, 6) is 0. The summed E-state index contributed by atoms with van der Waals surface area (Å²) >= 11 is 1.81. The van der Waals surface area contributed by atoms with Gasteiger partial charge in [0.2, 0.25) is 0 Å². The standard InChI is InChI=1S/C21H21FN2SSi/c1-13-18-20(25-21(13)26(2,3)4)19(24-12-23-18)15-9-14-7-5-6-8-17(14)16(10-15)11-22/h5-10,12H,11H2,1-4H3. The lowest BCUT2D eigenvalue weighted by molar-refractivity contribution is 0.488. The van der Waals surface area contributed by atoms with Crippen LogP contribution in [0.5, 0.6) is 0 Å². The van der Waals surface area contributed by atoms with E-state index >= 15 is 0 Å². The van der Waals surface area contributed by atoms with Crippen molar-refractivity contribution in [1.82, 2.24) is 9.97 Å². The van der Waals surface area contributed by atoms with E-state index in [0.717, 1.165) is 32.2 Å². The van der Waals surface area contributed by atoms with Crippen LogP contribution in [0.1, 0.15) is 11.1 Å². The zero-order chi connectivity index (χ0) is 18.5. The van der Waals surface area contributed by atoms with Crippen LogP contribution < -0.4 is 4.50 Å². The van der Waals surface area contributed by atoms with Crippen LogP contribution in [0.3, 0.4) is 0 Å². The van der Waals surface area contributed by atoms with Crippen molar-refractivity contribution < 1.29 is 4.39 Å². The van der Waals surface area contributed by atoms with Crippen LogP contribution in [0.4, 0.5) is 4.39 Å². The van der Waals surface area contributed by atoms with E-state index in [1.54, 1.807) is 6.33 Å². The molecule has 0 aliphatic rings. The highest BCUT2D eigenvalue weighted by atomic mass is 32.1. The second-order valence-electron chi connectivity index (χ2n) is 7.70. The fourth-order valence-corrected chi connectivity index (χ4v) is 7.38. The number of rotatable bonds is 3. The first kappa shape index (κ1) is 17.3. The van der Waals surface area contributed by atoms with Crippen molar-refractivity contribution in [1.29, 1.82) is 0 Å². The van der Waals surface area contributed by atoms with E-state index in [2.05, 4.69) is 42.6 Å². The molecule has 0 saturated carbocycles. The van der Waals surface area contributed by atoms with Crippen molar-refractivity contribution in [2.45, 2.75) is 33.2 Å². The minimum atomic E-state index is -1.46. The normalized spacial score (nSPS) is 12.2. The summed E-state index contributed by atoms with van der Waals surface area (Å²) < 4.78 is 16.2. The first-order valence-electron chi connectivity index (χ1n) is 8.72. The van der Waals surface area contributed by atoms with Gasteiger partial charge in [-0.3, -0.25) is 0 Å². The van der Waals surface area contributed by atoms with Crippen LogP contribution in [0.2, 0.25) is 19.6 Å². The number of aryl methyl sites for hydroxylation is 1. The van der Waals surface area contributed by atoms with Gasteiger partial charge in [0.25, 0.3) is 0 Å². The van der Waals surface area contributed by atoms with E-state index in [0.29, 0.717) is 5.56 Å². The zero-order valence-corrected chi connectivity index (χ0v) is 17.2.